The van der Waals surface area contributed by atoms with Gasteiger partial charge in [-0.1, -0.05) is 12.1 Å². The number of ether oxygens (including phenoxy) is 1. The number of benzene rings is 1. The lowest BCUT2D eigenvalue weighted by atomic mass is 10.1. The Morgan fingerprint density at radius 2 is 1.67 bits per heavy atom. The summed E-state index contributed by atoms with van der Waals surface area (Å²) in [5.74, 6) is 0.893. The van der Waals surface area contributed by atoms with Gasteiger partial charge in [-0.15, -0.1) is 0 Å². The molecule has 1 N–H and O–H groups in total. The highest BCUT2D eigenvalue weighted by atomic mass is 16.5. The molecular weight excluding hydrogens is 226 g/mol. The van der Waals surface area contributed by atoms with Crippen LogP contribution in [0.25, 0.3) is 0 Å². The average Bonchev–Trinajstić information content (AvgIpc) is 2.38. The Morgan fingerprint density at radius 1 is 1.06 bits per heavy atom. The molecule has 0 saturated heterocycles. The zero-order valence-electron chi connectivity index (χ0n) is 10.7. The molecule has 0 saturated carbocycles. The van der Waals surface area contributed by atoms with Gasteiger partial charge in [0, 0.05) is 12.4 Å². The van der Waals surface area contributed by atoms with E-state index >= 15 is 0 Å². The van der Waals surface area contributed by atoms with E-state index in [1.165, 1.54) is 0 Å². The number of aliphatic hydroxyl groups excluding tert-OH is 1. The van der Waals surface area contributed by atoms with Crippen molar-refractivity contribution in [3.05, 3.63) is 58.9 Å². The Bertz CT molecular complexity index is 500. The first-order valence-electron chi connectivity index (χ1n) is 5.93. The summed E-state index contributed by atoms with van der Waals surface area (Å²) in [6, 6.07) is 7.78. The summed E-state index contributed by atoms with van der Waals surface area (Å²) in [6.07, 6.45) is 3.51. The Balaban J connectivity index is 2.15. The van der Waals surface area contributed by atoms with Crippen LogP contribution >= 0.6 is 0 Å². The van der Waals surface area contributed by atoms with Crippen LogP contribution in [-0.2, 0) is 13.2 Å². The molecule has 2 rings (SSSR count). The quantitative estimate of drug-likeness (QED) is 0.897. The van der Waals surface area contributed by atoms with Crippen molar-refractivity contribution in [1.82, 2.24) is 4.98 Å². The Hall–Kier alpha value is -1.87. The van der Waals surface area contributed by atoms with E-state index in [2.05, 4.69) is 4.98 Å². The third-order valence-electron chi connectivity index (χ3n) is 2.84. The summed E-state index contributed by atoms with van der Waals surface area (Å²) < 4.78 is 5.84. The van der Waals surface area contributed by atoms with Gasteiger partial charge in [-0.2, -0.15) is 0 Å². The van der Waals surface area contributed by atoms with E-state index in [4.69, 9.17) is 9.84 Å². The number of hydrogen-bond acceptors (Lipinski definition) is 3. The molecule has 0 bridgehead atoms. The molecule has 1 heterocycles. The Labute approximate surface area is 107 Å². The molecule has 0 aliphatic carbocycles. The summed E-state index contributed by atoms with van der Waals surface area (Å²) in [7, 11) is 0. The predicted molar refractivity (Wildman–Crippen MR) is 70.4 cm³/mol. The van der Waals surface area contributed by atoms with Crippen molar-refractivity contribution in [3.8, 4) is 5.75 Å². The van der Waals surface area contributed by atoms with Gasteiger partial charge in [0.25, 0.3) is 0 Å². The van der Waals surface area contributed by atoms with E-state index in [0.717, 1.165) is 28.0 Å². The zero-order chi connectivity index (χ0) is 13.0. The van der Waals surface area contributed by atoms with E-state index in [9.17, 15) is 0 Å². The lowest BCUT2D eigenvalue weighted by Crippen LogP contribution is -2.00. The van der Waals surface area contributed by atoms with Gasteiger partial charge in [0.1, 0.15) is 12.4 Å². The van der Waals surface area contributed by atoms with Crippen molar-refractivity contribution >= 4 is 0 Å². The third kappa shape index (κ3) is 2.87. The van der Waals surface area contributed by atoms with E-state index in [0.29, 0.717) is 6.61 Å². The molecule has 0 unspecified atom stereocenters. The molecule has 2 aromatic rings. The molecule has 1 aromatic carbocycles. The fraction of sp³-hybridized carbons (Fsp3) is 0.267. The SMILES string of the molecule is Cc1cc(CO)cc(C)c1OCc1ccncc1. The number of aromatic nitrogens is 1. The van der Waals surface area contributed by atoms with E-state index in [-0.39, 0.29) is 6.61 Å². The van der Waals surface area contributed by atoms with Crippen LogP contribution in [0.1, 0.15) is 22.3 Å². The van der Waals surface area contributed by atoms with Crippen LogP contribution in [0.4, 0.5) is 0 Å². The summed E-state index contributed by atoms with van der Waals surface area (Å²) in [5.41, 5.74) is 4.11. The van der Waals surface area contributed by atoms with Crippen molar-refractivity contribution in [2.45, 2.75) is 27.1 Å². The lowest BCUT2D eigenvalue weighted by molar-refractivity contribution is 0.280. The lowest BCUT2D eigenvalue weighted by Gasteiger charge is -2.13. The van der Waals surface area contributed by atoms with Gasteiger partial charge >= 0.3 is 0 Å². The minimum Gasteiger partial charge on any atom is -0.488 e. The molecule has 3 heteroatoms. The summed E-state index contributed by atoms with van der Waals surface area (Å²) >= 11 is 0. The summed E-state index contributed by atoms with van der Waals surface area (Å²) in [4.78, 5) is 3.97. The monoisotopic (exact) mass is 243 g/mol. The topological polar surface area (TPSA) is 42.4 Å². The van der Waals surface area contributed by atoms with Crippen LogP contribution in [0.5, 0.6) is 5.75 Å². The fourth-order valence-corrected chi connectivity index (χ4v) is 1.99. The van der Waals surface area contributed by atoms with Crippen LogP contribution in [0.3, 0.4) is 0 Å². The molecular formula is C15H17NO2. The van der Waals surface area contributed by atoms with Crippen LogP contribution in [-0.4, -0.2) is 10.1 Å². The minimum absolute atomic E-state index is 0.0618. The van der Waals surface area contributed by atoms with Crippen LogP contribution < -0.4 is 4.74 Å². The molecule has 1 aromatic heterocycles. The van der Waals surface area contributed by atoms with E-state index in [1.54, 1.807) is 12.4 Å². The van der Waals surface area contributed by atoms with Gasteiger partial charge < -0.3 is 9.84 Å². The largest absolute Gasteiger partial charge is 0.488 e. The first kappa shape index (κ1) is 12.6. The van der Waals surface area contributed by atoms with Crippen LogP contribution in [0, 0.1) is 13.8 Å². The Kier molecular flexibility index (Phi) is 3.95. The second kappa shape index (κ2) is 5.65. The second-order valence-electron chi connectivity index (χ2n) is 4.36. The molecule has 3 nitrogen and oxygen atoms in total. The highest BCUT2D eigenvalue weighted by Gasteiger charge is 2.06. The highest BCUT2D eigenvalue weighted by molar-refractivity contribution is 5.43. The molecule has 0 aliphatic rings. The van der Waals surface area contributed by atoms with E-state index < -0.39 is 0 Å². The standard InChI is InChI=1S/C15H17NO2/c1-11-7-14(9-17)8-12(2)15(11)18-10-13-3-5-16-6-4-13/h3-8,17H,9-10H2,1-2H3. The number of rotatable bonds is 4. The van der Waals surface area contributed by atoms with Crippen molar-refractivity contribution in [2.24, 2.45) is 0 Å². The molecule has 0 aliphatic heterocycles. The molecule has 0 atom stereocenters. The van der Waals surface area contributed by atoms with Crippen molar-refractivity contribution in [2.75, 3.05) is 0 Å². The molecule has 0 fully saturated rings. The maximum Gasteiger partial charge on any atom is 0.125 e. The maximum atomic E-state index is 9.14. The molecule has 0 radical (unpaired) electrons. The average molecular weight is 243 g/mol. The normalized spacial score (nSPS) is 10.4. The number of pyridine rings is 1. The van der Waals surface area contributed by atoms with Gasteiger partial charge in [0.2, 0.25) is 0 Å². The van der Waals surface area contributed by atoms with Gasteiger partial charge in [-0.25, -0.2) is 0 Å². The molecule has 94 valence electrons. The zero-order valence-corrected chi connectivity index (χ0v) is 10.7. The second-order valence-corrected chi connectivity index (χ2v) is 4.36. The number of hydrogen-bond donors (Lipinski definition) is 1. The number of aryl methyl sites for hydroxylation is 2. The smallest absolute Gasteiger partial charge is 0.125 e. The third-order valence-corrected chi connectivity index (χ3v) is 2.84. The van der Waals surface area contributed by atoms with Crippen molar-refractivity contribution in [1.29, 1.82) is 0 Å². The highest BCUT2D eigenvalue weighted by Crippen LogP contribution is 2.25. The Morgan fingerprint density at radius 3 is 2.22 bits per heavy atom. The minimum atomic E-state index is 0.0618. The molecule has 18 heavy (non-hydrogen) atoms. The number of aliphatic hydroxyl groups is 1. The van der Waals surface area contributed by atoms with Crippen molar-refractivity contribution < 1.29 is 9.84 Å². The summed E-state index contributed by atoms with van der Waals surface area (Å²) in [5, 5.41) is 9.14. The maximum absolute atomic E-state index is 9.14. The van der Waals surface area contributed by atoms with Crippen molar-refractivity contribution in [3.63, 3.8) is 0 Å². The fourth-order valence-electron chi connectivity index (χ4n) is 1.99. The first-order chi connectivity index (χ1) is 8.70. The summed E-state index contributed by atoms with van der Waals surface area (Å²) in [6.45, 7) is 4.58. The van der Waals surface area contributed by atoms with Gasteiger partial charge in [-0.3, -0.25) is 4.98 Å². The van der Waals surface area contributed by atoms with Crippen LogP contribution in [0.2, 0.25) is 0 Å². The van der Waals surface area contributed by atoms with Crippen LogP contribution in [0.15, 0.2) is 36.7 Å². The number of nitrogens with zero attached hydrogens (tertiary/aromatic N) is 1. The first-order valence-corrected chi connectivity index (χ1v) is 5.93. The van der Waals surface area contributed by atoms with E-state index in [1.807, 2.05) is 38.1 Å². The van der Waals surface area contributed by atoms with Gasteiger partial charge in [0.05, 0.1) is 6.61 Å². The predicted octanol–water partition coefficient (Wildman–Crippen LogP) is 2.77. The van der Waals surface area contributed by atoms with Gasteiger partial charge in [-0.05, 0) is 48.2 Å². The molecule has 0 amide bonds. The molecule has 0 spiro atoms. The van der Waals surface area contributed by atoms with Gasteiger partial charge in [0.15, 0.2) is 0 Å².